The number of aliphatic hydroxyl groups is 2. The molecule has 118 valence electrons. The Morgan fingerprint density at radius 2 is 1.43 bits per heavy atom. The number of rotatable bonds is 5. The van der Waals surface area contributed by atoms with E-state index in [9.17, 15) is 10.2 Å². The van der Waals surface area contributed by atoms with E-state index in [2.05, 4.69) is 48.5 Å². The quantitative estimate of drug-likeness (QED) is 0.814. The van der Waals surface area contributed by atoms with Gasteiger partial charge in [0.15, 0.2) is 5.79 Å². The van der Waals surface area contributed by atoms with Gasteiger partial charge in [0, 0.05) is 12.3 Å². The number of hydrogen-bond donors (Lipinski definition) is 2. The van der Waals surface area contributed by atoms with Crippen LogP contribution in [-0.4, -0.2) is 16.0 Å². The smallest absolute Gasteiger partial charge is 0.186 e. The molecule has 2 aromatic rings. The fourth-order valence-corrected chi connectivity index (χ4v) is 3.05. The summed E-state index contributed by atoms with van der Waals surface area (Å²) in [7, 11) is 0. The first-order chi connectivity index (χ1) is 11.1. The summed E-state index contributed by atoms with van der Waals surface area (Å²) in [5.74, 6) is -1.33. The fourth-order valence-electron chi connectivity index (χ4n) is 3.05. The minimum Gasteiger partial charge on any atom is -0.362 e. The van der Waals surface area contributed by atoms with Gasteiger partial charge >= 0.3 is 0 Å². The predicted octanol–water partition coefficient (Wildman–Crippen LogP) is 4.17. The first-order valence-corrected chi connectivity index (χ1v) is 8.07. The lowest BCUT2D eigenvalue weighted by Crippen LogP contribution is -2.25. The molecule has 0 fully saturated rings. The van der Waals surface area contributed by atoms with Crippen molar-refractivity contribution in [2.75, 3.05) is 0 Å². The van der Waals surface area contributed by atoms with Crippen molar-refractivity contribution in [1.29, 1.82) is 0 Å². The van der Waals surface area contributed by atoms with E-state index in [4.69, 9.17) is 0 Å². The summed E-state index contributed by atoms with van der Waals surface area (Å²) in [6.07, 6.45) is 7.40. The van der Waals surface area contributed by atoms with Crippen molar-refractivity contribution in [3.05, 3.63) is 95.6 Å². The molecule has 0 saturated carbocycles. The fraction of sp³-hybridized carbons (Fsp3) is 0.238. The second-order valence-corrected chi connectivity index (χ2v) is 6.11. The largest absolute Gasteiger partial charge is 0.362 e. The Labute approximate surface area is 137 Å². The molecule has 0 atom stereocenters. The Kier molecular flexibility index (Phi) is 4.75. The molecule has 0 heterocycles. The van der Waals surface area contributed by atoms with Crippen LogP contribution in [0.2, 0.25) is 0 Å². The zero-order chi connectivity index (χ0) is 16.1. The Morgan fingerprint density at radius 3 is 1.91 bits per heavy atom. The minimum absolute atomic E-state index is 0.264. The molecule has 2 N–H and O–H groups in total. The normalized spacial score (nSPS) is 16.4. The molecular formula is C21H22O2. The van der Waals surface area contributed by atoms with Crippen LogP contribution in [0.4, 0.5) is 0 Å². The molecule has 0 amide bonds. The van der Waals surface area contributed by atoms with Gasteiger partial charge in [0.05, 0.1) is 0 Å². The second kappa shape index (κ2) is 6.95. The first-order valence-electron chi connectivity index (χ1n) is 8.07. The van der Waals surface area contributed by atoms with Gasteiger partial charge in [-0.25, -0.2) is 0 Å². The maximum atomic E-state index is 9.55. The first kappa shape index (κ1) is 15.7. The third-order valence-corrected chi connectivity index (χ3v) is 4.35. The molecule has 1 aliphatic rings. The van der Waals surface area contributed by atoms with Crippen molar-refractivity contribution in [3.8, 4) is 0 Å². The van der Waals surface area contributed by atoms with Crippen LogP contribution in [-0.2, 0) is 0 Å². The average Bonchev–Trinajstić information content (AvgIpc) is 2.58. The van der Waals surface area contributed by atoms with Crippen LogP contribution in [0.15, 0.2) is 84.5 Å². The van der Waals surface area contributed by atoms with E-state index >= 15 is 0 Å². The van der Waals surface area contributed by atoms with E-state index in [1.165, 1.54) is 22.8 Å². The standard InChI is InChI=1S/C21H22O2/c22-21(23)15-13-17(14-16-21)11-12-20(18-7-3-1-4-8-18)19-9-5-2-6-10-19/h1-10,13-15,20,22-23H,11-12,16H2. The lowest BCUT2D eigenvalue weighted by atomic mass is 9.85. The van der Waals surface area contributed by atoms with Gasteiger partial charge in [-0.3, -0.25) is 0 Å². The van der Waals surface area contributed by atoms with E-state index in [1.807, 2.05) is 24.3 Å². The van der Waals surface area contributed by atoms with Crippen LogP contribution in [0.3, 0.4) is 0 Å². The van der Waals surface area contributed by atoms with Crippen molar-refractivity contribution >= 4 is 0 Å². The average molecular weight is 306 g/mol. The molecule has 2 nitrogen and oxygen atoms in total. The number of hydrogen-bond acceptors (Lipinski definition) is 2. The molecule has 2 aromatic carbocycles. The van der Waals surface area contributed by atoms with E-state index in [-0.39, 0.29) is 6.42 Å². The van der Waals surface area contributed by atoms with E-state index in [0.29, 0.717) is 5.92 Å². The summed E-state index contributed by atoms with van der Waals surface area (Å²) in [5.41, 5.74) is 3.80. The van der Waals surface area contributed by atoms with Crippen LogP contribution in [0, 0.1) is 0 Å². The van der Waals surface area contributed by atoms with Crippen LogP contribution in [0.1, 0.15) is 36.3 Å². The van der Waals surface area contributed by atoms with Gasteiger partial charge < -0.3 is 10.2 Å². The highest BCUT2D eigenvalue weighted by Gasteiger charge is 2.21. The van der Waals surface area contributed by atoms with Crippen molar-refractivity contribution in [1.82, 2.24) is 0 Å². The zero-order valence-corrected chi connectivity index (χ0v) is 13.1. The molecule has 1 aliphatic carbocycles. The third kappa shape index (κ3) is 4.19. The molecule has 3 rings (SSSR count). The molecule has 0 saturated heterocycles. The van der Waals surface area contributed by atoms with Crippen LogP contribution in [0.25, 0.3) is 0 Å². The summed E-state index contributed by atoms with van der Waals surface area (Å²) in [6.45, 7) is 0. The highest BCUT2D eigenvalue weighted by molar-refractivity contribution is 5.33. The van der Waals surface area contributed by atoms with Gasteiger partial charge in [-0.1, -0.05) is 78.4 Å². The summed E-state index contributed by atoms with van der Waals surface area (Å²) < 4.78 is 0. The van der Waals surface area contributed by atoms with E-state index < -0.39 is 5.79 Å². The summed E-state index contributed by atoms with van der Waals surface area (Å²) >= 11 is 0. The number of benzene rings is 2. The van der Waals surface area contributed by atoms with Crippen LogP contribution >= 0.6 is 0 Å². The molecule has 0 aromatic heterocycles. The summed E-state index contributed by atoms with van der Waals surface area (Å²) in [5, 5.41) is 19.1. The van der Waals surface area contributed by atoms with Crippen molar-refractivity contribution in [2.45, 2.75) is 31.0 Å². The lowest BCUT2D eigenvalue weighted by Gasteiger charge is -2.22. The maximum absolute atomic E-state index is 9.55. The Hall–Kier alpha value is -2.16. The van der Waals surface area contributed by atoms with Gasteiger partial charge in [0.25, 0.3) is 0 Å². The molecule has 0 unspecified atom stereocenters. The molecule has 0 aliphatic heterocycles. The lowest BCUT2D eigenvalue weighted by molar-refractivity contribution is -0.115. The van der Waals surface area contributed by atoms with Gasteiger partial charge in [0.2, 0.25) is 0 Å². The van der Waals surface area contributed by atoms with Gasteiger partial charge in [-0.05, 0) is 30.0 Å². The third-order valence-electron chi connectivity index (χ3n) is 4.35. The molecular weight excluding hydrogens is 284 g/mol. The zero-order valence-electron chi connectivity index (χ0n) is 13.1. The highest BCUT2D eigenvalue weighted by Crippen LogP contribution is 2.31. The second-order valence-electron chi connectivity index (χ2n) is 6.11. The topological polar surface area (TPSA) is 40.5 Å². The van der Waals surface area contributed by atoms with Crippen molar-refractivity contribution in [2.24, 2.45) is 0 Å². The van der Waals surface area contributed by atoms with Crippen LogP contribution < -0.4 is 0 Å². The molecule has 0 bridgehead atoms. The molecule has 0 spiro atoms. The minimum atomic E-state index is -1.68. The Morgan fingerprint density at radius 1 is 0.870 bits per heavy atom. The molecule has 0 radical (unpaired) electrons. The molecule has 23 heavy (non-hydrogen) atoms. The SMILES string of the molecule is OC1(O)C=CC(CCC(c2ccccc2)c2ccccc2)=CC1. The van der Waals surface area contributed by atoms with Gasteiger partial charge in [-0.2, -0.15) is 0 Å². The van der Waals surface area contributed by atoms with Crippen molar-refractivity contribution in [3.63, 3.8) is 0 Å². The summed E-state index contributed by atoms with van der Waals surface area (Å²) in [4.78, 5) is 0. The maximum Gasteiger partial charge on any atom is 0.186 e. The van der Waals surface area contributed by atoms with Crippen molar-refractivity contribution < 1.29 is 10.2 Å². The monoisotopic (exact) mass is 306 g/mol. The van der Waals surface area contributed by atoms with E-state index in [0.717, 1.165) is 12.8 Å². The Balaban J connectivity index is 1.76. The van der Waals surface area contributed by atoms with Gasteiger partial charge in [0.1, 0.15) is 0 Å². The summed E-state index contributed by atoms with van der Waals surface area (Å²) in [6, 6.07) is 21.1. The van der Waals surface area contributed by atoms with Crippen LogP contribution in [0.5, 0.6) is 0 Å². The molecule has 2 heteroatoms. The van der Waals surface area contributed by atoms with E-state index in [1.54, 1.807) is 0 Å². The predicted molar refractivity (Wildman–Crippen MR) is 93.0 cm³/mol. The van der Waals surface area contributed by atoms with Gasteiger partial charge in [-0.15, -0.1) is 0 Å². The Bertz CT molecular complexity index is 645. The highest BCUT2D eigenvalue weighted by atomic mass is 16.5. The number of allylic oxidation sites excluding steroid dienone is 2.